The second-order valence-corrected chi connectivity index (χ2v) is 9.24. The SMILES string of the molecule is COc1nccc2c3ncc(/C(=C(\C)N)N(C)N)cc3n(C(c3ccccc3F)C3CCOCC3)c12. The fourth-order valence-corrected chi connectivity index (χ4v) is 5.45. The molecule has 1 aliphatic heterocycles. The van der Waals surface area contributed by atoms with Crippen LogP contribution in [0.3, 0.4) is 0 Å². The predicted octanol–water partition coefficient (Wildman–Crippen LogP) is 4.20. The largest absolute Gasteiger partial charge is 0.479 e. The molecule has 1 aliphatic rings. The molecule has 188 valence electrons. The first-order chi connectivity index (χ1) is 17.4. The summed E-state index contributed by atoms with van der Waals surface area (Å²) < 4.78 is 29.0. The van der Waals surface area contributed by atoms with Crippen molar-refractivity contribution in [3.63, 3.8) is 0 Å². The summed E-state index contributed by atoms with van der Waals surface area (Å²) in [6.07, 6.45) is 5.07. The Hall–Kier alpha value is -3.69. The van der Waals surface area contributed by atoms with Gasteiger partial charge in [0.1, 0.15) is 11.3 Å². The number of hydrogen-bond acceptors (Lipinski definition) is 7. The Bertz CT molecular complexity index is 1440. The number of nitrogens with two attached hydrogens (primary N) is 2. The normalized spacial score (nSPS) is 16.2. The van der Waals surface area contributed by atoms with E-state index in [1.807, 2.05) is 24.3 Å². The molecular formula is C27H31FN6O2. The molecule has 1 saturated heterocycles. The summed E-state index contributed by atoms with van der Waals surface area (Å²) in [7, 11) is 3.33. The standard InChI is InChI=1S/C27H31FN6O2/c1-16(29)24(33(2)30)18-14-22-23(32-15-18)20-8-11-31-27(35-3)26(20)34(22)25(17-9-12-36-13-10-17)19-6-4-5-7-21(19)28/h4-8,11,14-15,17,25H,9-10,12-13,29-30H2,1-3H3/b24-16-. The zero-order chi connectivity index (χ0) is 25.4. The molecule has 1 atom stereocenters. The second-order valence-electron chi connectivity index (χ2n) is 9.24. The highest BCUT2D eigenvalue weighted by Crippen LogP contribution is 2.43. The fourth-order valence-electron chi connectivity index (χ4n) is 5.45. The number of ether oxygens (including phenoxy) is 2. The average Bonchev–Trinajstić information content (AvgIpc) is 3.19. The smallest absolute Gasteiger partial charge is 0.238 e. The number of rotatable bonds is 6. The van der Waals surface area contributed by atoms with Crippen LogP contribution in [0, 0.1) is 11.7 Å². The van der Waals surface area contributed by atoms with Crippen LogP contribution in [-0.2, 0) is 4.74 Å². The molecule has 4 heterocycles. The fraction of sp³-hybridized carbons (Fsp3) is 0.333. The molecule has 5 rings (SSSR count). The van der Waals surface area contributed by atoms with Gasteiger partial charge in [0.05, 0.1) is 29.9 Å². The van der Waals surface area contributed by atoms with Gasteiger partial charge in [-0.1, -0.05) is 18.2 Å². The molecule has 0 spiro atoms. The van der Waals surface area contributed by atoms with Crippen LogP contribution < -0.4 is 16.3 Å². The topological polar surface area (TPSA) is 104 Å². The summed E-state index contributed by atoms with van der Waals surface area (Å²) in [4.78, 5) is 9.33. The summed E-state index contributed by atoms with van der Waals surface area (Å²) in [5.74, 6) is 6.47. The molecule has 4 N–H and O–H groups in total. The van der Waals surface area contributed by atoms with E-state index in [0.29, 0.717) is 36.1 Å². The van der Waals surface area contributed by atoms with Gasteiger partial charge in [-0.2, -0.15) is 0 Å². The molecule has 4 aromatic rings. The lowest BCUT2D eigenvalue weighted by Gasteiger charge is -2.33. The average molecular weight is 491 g/mol. The third-order valence-corrected chi connectivity index (χ3v) is 6.92. The predicted molar refractivity (Wildman–Crippen MR) is 138 cm³/mol. The zero-order valence-electron chi connectivity index (χ0n) is 20.7. The van der Waals surface area contributed by atoms with Gasteiger partial charge in [0, 0.05) is 54.9 Å². The number of methoxy groups -OCH3 is 1. The first-order valence-electron chi connectivity index (χ1n) is 12.0. The van der Waals surface area contributed by atoms with Crippen molar-refractivity contribution in [2.45, 2.75) is 25.8 Å². The van der Waals surface area contributed by atoms with E-state index in [4.69, 9.17) is 26.0 Å². The van der Waals surface area contributed by atoms with Crippen LogP contribution in [0.15, 0.2) is 54.5 Å². The van der Waals surface area contributed by atoms with Crippen molar-refractivity contribution < 1.29 is 13.9 Å². The van der Waals surface area contributed by atoms with E-state index in [1.165, 1.54) is 11.1 Å². The van der Waals surface area contributed by atoms with Gasteiger partial charge in [-0.3, -0.25) is 4.98 Å². The van der Waals surface area contributed by atoms with Gasteiger partial charge in [-0.25, -0.2) is 15.2 Å². The maximum absolute atomic E-state index is 15.4. The van der Waals surface area contributed by atoms with E-state index in [0.717, 1.165) is 40.3 Å². The van der Waals surface area contributed by atoms with Crippen molar-refractivity contribution in [3.05, 3.63) is 71.4 Å². The molecule has 0 saturated carbocycles. The summed E-state index contributed by atoms with van der Waals surface area (Å²) >= 11 is 0. The van der Waals surface area contributed by atoms with E-state index in [1.54, 1.807) is 39.5 Å². The van der Waals surface area contributed by atoms with Crippen molar-refractivity contribution in [1.82, 2.24) is 19.5 Å². The highest BCUT2D eigenvalue weighted by atomic mass is 19.1. The minimum Gasteiger partial charge on any atom is -0.479 e. The Labute approximate surface area is 209 Å². The molecule has 1 unspecified atom stereocenters. The van der Waals surface area contributed by atoms with Crippen LogP contribution in [0.4, 0.5) is 4.39 Å². The minimum absolute atomic E-state index is 0.131. The van der Waals surface area contributed by atoms with Gasteiger partial charge in [0.2, 0.25) is 5.88 Å². The zero-order valence-corrected chi connectivity index (χ0v) is 20.7. The maximum atomic E-state index is 15.4. The quantitative estimate of drug-likeness (QED) is 0.308. The first kappa shape index (κ1) is 24.0. The van der Waals surface area contributed by atoms with E-state index >= 15 is 4.39 Å². The summed E-state index contributed by atoms with van der Waals surface area (Å²) in [6, 6.07) is 10.6. The minimum atomic E-state index is -0.327. The van der Waals surface area contributed by atoms with E-state index in [9.17, 15) is 0 Å². The molecule has 3 aromatic heterocycles. The third-order valence-electron chi connectivity index (χ3n) is 6.92. The van der Waals surface area contributed by atoms with Gasteiger partial charge in [-0.05, 0) is 43.9 Å². The molecular weight excluding hydrogens is 459 g/mol. The molecule has 0 radical (unpaired) electrons. The molecule has 1 aromatic carbocycles. The van der Waals surface area contributed by atoms with Crippen molar-refractivity contribution in [2.75, 3.05) is 27.4 Å². The number of allylic oxidation sites excluding steroid dienone is 1. The third kappa shape index (κ3) is 4.04. The van der Waals surface area contributed by atoms with Crippen LogP contribution in [0.2, 0.25) is 0 Å². The van der Waals surface area contributed by atoms with Crippen LogP contribution >= 0.6 is 0 Å². The summed E-state index contributed by atoms with van der Waals surface area (Å²) in [5.41, 5.74) is 11.2. The monoisotopic (exact) mass is 490 g/mol. The summed E-state index contributed by atoms with van der Waals surface area (Å²) in [6.45, 7) is 3.06. The molecule has 36 heavy (non-hydrogen) atoms. The van der Waals surface area contributed by atoms with Crippen molar-refractivity contribution in [2.24, 2.45) is 17.5 Å². The second kappa shape index (κ2) is 9.75. The van der Waals surface area contributed by atoms with E-state index in [2.05, 4.69) is 9.55 Å². The van der Waals surface area contributed by atoms with Crippen molar-refractivity contribution >= 4 is 27.6 Å². The van der Waals surface area contributed by atoms with Gasteiger partial charge in [0.25, 0.3) is 0 Å². The lowest BCUT2D eigenvalue weighted by Crippen LogP contribution is -2.28. The first-order valence-corrected chi connectivity index (χ1v) is 12.0. The molecule has 8 nitrogen and oxygen atoms in total. The number of nitrogens with zero attached hydrogens (tertiary/aromatic N) is 4. The van der Waals surface area contributed by atoms with Crippen LogP contribution in [0.25, 0.3) is 27.6 Å². The molecule has 1 fully saturated rings. The number of hydrogen-bond donors (Lipinski definition) is 2. The van der Waals surface area contributed by atoms with Crippen molar-refractivity contribution in [3.8, 4) is 5.88 Å². The Morgan fingerprint density at radius 1 is 1.22 bits per heavy atom. The lowest BCUT2D eigenvalue weighted by molar-refractivity contribution is 0.0548. The Balaban J connectivity index is 1.89. The molecule has 9 heteroatoms. The number of benzene rings is 1. The number of hydrazine groups is 1. The lowest BCUT2D eigenvalue weighted by atomic mass is 9.86. The van der Waals surface area contributed by atoms with E-state index in [-0.39, 0.29) is 17.8 Å². The Morgan fingerprint density at radius 2 is 1.97 bits per heavy atom. The van der Waals surface area contributed by atoms with Gasteiger partial charge < -0.3 is 24.8 Å². The highest BCUT2D eigenvalue weighted by Gasteiger charge is 2.33. The molecule has 0 aliphatic carbocycles. The number of pyridine rings is 2. The Kier molecular flexibility index (Phi) is 6.51. The van der Waals surface area contributed by atoms with Crippen LogP contribution in [0.5, 0.6) is 5.88 Å². The highest BCUT2D eigenvalue weighted by molar-refractivity contribution is 6.08. The van der Waals surface area contributed by atoms with Gasteiger partial charge >= 0.3 is 0 Å². The van der Waals surface area contributed by atoms with Crippen LogP contribution in [0.1, 0.15) is 36.9 Å². The number of fused-ring (bicyclic) bond motifs is 3. The molecule has 0 bridgehead atoms. The van der Waals surface area contributed by atoms with Gasteiger partial charge in [0.15, 0.2) is 0 Å². The maximum Gasteiger partial charge on any atom is 0.238 e. The molecule has 0 amide bonds. The van der Waals surface area contributed by atoms with E-state index < -0.39 is 0 Å². The number of halogens is 1. The van der Waals surface area contributed by atoms with Crippen LogP contribution in [-0.4, -0.2) is 46.9 Å². The van der Waals surface area contributed by atoms with Crippen molar-refractivity contribution in [1.29, 1.82) is 0 Å². The summed E-state index contributed by atoms with van der Waals surface area (Å²) in [5, 5.41) is 2.37. The van der Waals surface area contributed by atoms with Gasteiger partial charge in [-0.15, -0.1) is 0 Å². The number of aromatic nitrogens is 3. The Morgan fingerprint density at radius 3 is 2.64 bits per heavy atom.